The van der Waals surface area contributed by atoms with Gasteiger partial charge in [0.05, 0.1) is 12.7 Å². The van der Waals surface area contributed by atoms with Crippen LogP contribution in [0.25, 0.3) is 0 Å². The molecule has 1 unspecified atom stereocenters. The van der Waals surface area contributed by atoms with Crippen molar-refractivity contribution in [1.29, 1.82) is 0 Å². The van der Waals surface area contributed by atoms with Crippen LogP contribution < -0.4 is 4.74 Å². The fourth-order valence-corrected chi connectivity index (χ4v) is 1.67. The summed E-state index contributed by atoms with van der Waals surface area (Å²) in [5, 5.41) is 9.55. The first-order chi connectivity index (χ1) is 7.68. The fraction of sp³-hybridized carbons (Fsp3) is 0.417. The summed E-state index contributed by atoms with van der Waals surface area (Å²) < 4.78 is 10.4. The molecule has 0 aromatic heterocycles. The highest BCUT2D eigenvalue weighted by molar-refractivity contribution is 5.76. The van der Waals surface area contributed by atoms with Gasteiger partial charge in [-0.3, -0.25) is 0 Å². The molecule has 1 aromatic rings. The van der Waals surface area contributed by atoms with Crippen molar-refractivity contribution < 1.29 is 19.4 Å². The van der Waals surface area contributed by atoms with Gasteiger partial charge in [0.2, 0.25) is 0 Å². The average molecular weight is 222 g/mol. The van der Waals surface area contributed by atoms with Gasteiger partial charge in [0.25, 0.3) is 0 Å². The molecule has 1 saturated heterocycles. The molecule has 1 aliphatic heterocycles. The molecule has 0 amide bonds. The Morgan fingerprint density at radius 2 is 2.25 bits per heavy atom. The molecular formula is C12H14O4. The number of hydrogen-bond acceptors (Lipinski definition) is 4. The maximum absolute atomic E-state index is 11.3. The van der Waals surface area contributed by atoms with Crippen molar-refractivity contribution in [2.24, 2.45) is 0 Å². The lowest BCUT2D eigenvalue weighted by atomic mass is 10.1. The van der Waals surface area contributed by atoms with Crippen LogP contribution in [-0.4, -0.2) is 23.8 Å². The lowest BCUT2D eigenvalue weighted by Crippen LogP contribution is -2.22. The molecule has 0 bridgehead atoms. The monoisotopic (exact) mass is 222 g/mol. The number of rotatable bonds is 3. The Hall–Kier alpha value is -1.55. The number of benzene rings is 1. The third kappa shape index (κ3) is 2.17. The van der Waals surface area contributed by atoms with Crippen molar-refractivity contribution in [3.05, 3.63) is 29.8 Å². The Morgan fingerprint density at radius 3 is 2.88 bits per heavy atom. The van der Waals surface area contributed by atoms with Crippen LogP contribution in [0.4, 0.5) is 0 Å². The number of ether oxygens (including phenoxy) is 2. The van der Waals surface area contributed by atoms with Gasteiger partial charge in [-0.2, -0.15) is 0 Å². The van der Waals surface area contributed by atoms with E-state index in [1.165, 1.54) is 0 Å². The summed E-state index contributed by atoms with van der Waals surface area (Å²) in [6, 6.07) is 7.15. The van der Waals surface area contributed by atoms with E-state index >= 15 is 0 Å². The highest BCUT2D eigenvalue weighted by Gasteiger charge is 2.29. The molecule has 0 aliphatic carbocycles. The second kappa shape index (κ2) is 4.53. The molecule has 0 spiro atoms. The molecule has 1 N–H and O–H groups in total. The van der Waals surface area contributed by atoms with Crippen molar-refractivity contribution in [3.63, 3.8) is 0 Å². The standard InChI is InChI=1S/C12H14O4/c1-8(13)9-4-2-3-5-10(9)16-11-6-7-15-12(11)14/h2-5,8,11,13H,6-7H2,1H3/t8-,11?/m0/s1. The minimum atomic E-state index is -0.617. The lowest BCUT2D eigenvalue weighted by molar-refractivity contribution is -0.143. The zero-order valence-electron chi connectivity index (χ0n) is 9.05. The fourth-order valence-electron chi connectivity index (χ4n) is 1.67. The van der Waals surface area contributed by atoms with Crippen molar-refractivity contribution in [2.75, 3.05) is 6.61 Å². The van der Waals surface area contributed by atoms with Crippen molar-refractivity contribution in [2.45, 2.75) is 25.6 Å². The summed E-state index contributed by atoms with van der Waals surface area (Å²) in [6.45, 7) is 2.06. The maximum Gasteiger partial charge on any atom is 0.347 e. The van der Waals surface area contributed by atoms with Gasteiger partial charge >= 0.3 is 5.97 Å². The molecule has 1 heterocycles. The summed E-state index contributed by atoms with van der Waals surface area (Å²) in [7, 11) is 0. The van der Waals surface area contributed by atoms with E-state index in [4.69, 9.17) is 9.47 Å². The molecule has 0 radical (unpaired) electrons. The second-order valence-electron chi connectivity index (χ2n) is 3.78. The van der Waals surface area contributed by atoms with Crippen LogP contribution >= 0.6 is 0 Å². The molecule has 1 fully saturated rings. The molecule has 86 valence electrons. The normalized spacial score (nSPS) is 21.6. The lowest BCUT2D eigenvalue weighted by Gasteiger charge is -2.15. The van der Waals surface area contributed by atoms with E-state index < -0.39 is 12.2 Å². The number of hydrogen-bond donors (Lipinski definition) is 1. The van der Waals surface area contributed by atoms with Gasteiger partial charge in [0, 0.05) is 12.0 Å². The largest absolute Gasteiger partial charge is 0.478 e. The highest BCUT2D eigenvalue weighted by Crippen LogP contribution is 2.27. The van der Waals surface area contributed by atoms with E-state index in [1.807, 2.05) is 12.1 Å². The average Bonchev–Trinajstić information content (AvgIpc) is 2.65. The topological polar surface area (TPSA) is 55.8 Å². The zero-order valence-corrected chi connectivity index (χ0v) is 9.05. The summed E-state index contributed by atoms with van der Waals surface area (Å²) >= 11 is 0. The Morgan fingerprint density at radius 1 is 1.50 bits per heavy atom. The number of aliphatic hydroxyl groups is 1. The molecule has 1 aromatic carbocycles. The number of para-hydroxylation sites is 1. The Kier molecular flexibility index (Phi) is 3.10. The van der Waals surface area contributed by atoms with Gasteiger partial charge < -0.3 is 14.6 Å². The number of esters is 1. The maximum atomic E-state index is 11.3. The molecular weight excluding hydrogens is 208 g/mol. The smallest absolute Gasteiger partial charge is 0.347 e. The van der Waals surface area contributed by atoms with E-state index in [2.05, 4.69) is 0 Å². The minimum absolute atomic E-state index is 0.333. The van der Waals surface area contributed by atoms with Crippen LogP contribution in [0.2, 0.25) is 0 Å². The van der Waals surface area contributed by atoms with Gasteiger partial charge in [0.15, 0.2) is 6.10 Å². The first kappa shape index (κ1) is 11.0. The van der Waals surface area contributed by atoms with Gasteiger partial charge in [-0.15, -0.1) is 0 Å². The van der Waals surface area contributed by atoms with E-state index in [-0.39, 0.29) is 5.97 Å². The minimum Gasteiger partial charge on any atom is -0.478 e. The summed E-state index contributed by atoms with van der Waals surface area (Å²) in [5.41, 5.74) is 0.683. The highest BCUT2D eigenvalue weighted by atomic mass is 16.6. The van der Waals surface area contributed by atoms with Crippen molar-refractivity contribution >= 4 is 5.97 Å². The Labute approximate surface area is 93.8 Å². The van der Waals surface area contributed by atoms with E-state index in [1.54, 1.807) is 19.1 Å². The van der Waals surface area contributed by atoms with Crippen molar-refractivity contribution in [1.82, 2.24) is 0 Å². The van der Waals surface area contributed by atoms with E-state index in [0.717, 1.165) is 0 Å². The third-order valence-corrected chi connectivity index (χ3v) is 2.53. The molecule has 16 heavy (non-hydrogen) atoms. The van der Waals surface area contributed by atoms with Gasteiger partial charge in [0.1, 0.15) is 5.75 Å². The van der Waals surface area contributed by atoms with Crippen molar-refractivity contribution in [3.8, 4) is 5.75 Å². The molecule has 2 atom stereocenters. The predicted molar refractivity (Wildman–Crippen MR) is 57.1 cm³/mol. The van der Waals surface area contributed by atoms with Crippen LogP contribution in [0.5, 0.6) is 5.75 Å². The van der Waals surface area contributed by atoms with Gasteiger partial charge in [-0.1, -0.05) is 18.2 Å². The van der Waals surface area contributed by atoms with Crippen LogP contribution in [0.1, 0.15) is 25.0 Å². The van der Waals surface area contributed by atoms with Crippen LogP contribution in [0.15, 0.2) is 24.3 Å². The Balaban J connectivity index is 2.17. The predicted octanol–water partition coefficient (Wildman–Crippen LogP) is 1.43. The zero-order chi connectivity index (χ0) is 11.5. The van der Waals surface area contributed by atoms with E-state index in [0.29, 0.717) is 24.3 Å². The van der Waals surface area contributed by atoms with Gasteiger partial charge in [-0.25, -0.2) is 4.79 Å². The molecule has 0 saturated carbocycles. The third-order valence-electron chi connectivity index (χ3n) is 2.53. The summed E-state index contributed by atoms with van der Waals surface area (Å²) in [5.74, 6) is 0.210. The SMILES string of the molecule is C[C@H](O)c1ccccc1OC1CCOC1=O. The van der Waals surface area contributed by atoms with Crippen LogP contribution in [0, 0.1) is 0 Å². The van der Waals surface area contributed by atoms with Crippen LogP contribution in [0.3, 0.4) is 0 Å². The number of carbonyl (C=O) groups is 1. The molecule has 1 aliphatic rings. The summed E-state index contributed by atoms with van der Waals surface area (Å²) in [4.78, 5) is 11.3. The molecule has 4 heteroatoms. The van der Waals surface area contributed by atoms with E-state index in [9.17, 15) is 9.90 Å². The Bertz CT molecular complexity index is 386. The number of aliphatic hydroxyl groups excluding tert-OH is 1. The second-order valence-corrected chi connectivity index (χ2v) is 3.78. The number of carbonyl (C=O) groups excluding carboxylic acids is 1. The first-order valence-corrected chi connectivity index (χ1v) is 5.29. The summed E-state index contributed by atoms with van der Waals surface area (Å²) in [6.07, 6.45) is -0.596. The van der Waals surface area contributed by atoms with Gasteiger partial charge in [-0.05, 0) is 13.0 Å². The van der Waals surface area contributed by atoms with Crippen LogP contribution in [-0.2, 0) is 9.53 Å². The first-order valence-electron chi connectivity index (χ1n) is 5.29. The molecule has 2 rings (SSSR count). The molecule has 4 nitrogen and oxygen atoms in total. The quantitative estimate of drug-likeness (QED) is 0.786. The number of cyclic esters (lactones) is 1.